The van der Waals surface area contributed by atoms with Gasteiger partial charge in [0.25, 0.3) is 0 Å². The van der Waals surface area contributed by atoms with Crippen molar-refractivity contribution in [2.24, 2.45) is 28.6 Å². The number of amides is 1. The lowest BCUT2D eigenvalue weighted by molar-refractivity contribution is -0.181. The molecule has 0 aromatic rings. The third-order valence-corrected chi connectivity index (χ3v) is 10.1. The SMILES string of the molecule is C[C@@H](O)[C@@H](NC(=O)CCC(=O)OCC(=O)[C@]1(O)CC[C@H]2[C@@H]3CCC4=CC(=O)C=C[C@]4(C)[C@H]3[C@H](O)C[C@@]21C)C(=O)O. The van der Waals surface area contributed by atoms with E-state index in [-0.39, 0.29) is 36.4 Å². The normalized spacial score (nSPS) is 37.8. The third kappa shape index (κ3) is 5.03. The lowest BCUT2D eigenvalue weighted by Gasteiger charge is -2.59. The molecular formula is C29H39NO10. The molecule has 0 bridgehead atoms. The Morgan fingerprint density at radius 1 is 1.18 bits per heavy atom. The Balaban J connectivity index is 1.38. The fourth-order valence-corrected chi connectivity index (χ4v) is 7.98. The Bertz CT molecular complexity index is 1160. The van der Waals surface area contributed by atoms with E-state index in [1.54, 1.807) is 12.2 Å². The molecule has 40 heavy (non-hydrogen) atoms. The van der Waals surface area contributed by atoms with Crippen molar-refractivity contribution in [2.45, 2.75) is 89.6 Å². The van der Waals surface area contributed by atoms with Gasteiger partial charge in [0.15, 0.2) is 18.4 Å². The molecule has 220 valence electrons. The van der Waals surface area contributed by atoms with Crippen LogP contribution in [0.1, 0.15) is 65.7 Å². The molecule has 0 radical (unpaired) electrons. The van der Waals surface area contributed by atoms with Gasteiger partial charge >= 0.3 is 11.9 Å². The van der Waals surface area contributed by atoms with Gasteiger partial charge in [-0.25, -0.2) is 4.79 Å². The number of aliphatic hydroxyl groups is 3. The summed E-state index contributed by atoms with van der Waals surface area (Å²) in [5.41, 5.74) is -2.19. The summed E-state index contributed by atoms with van der Waals surface area (Å²) < 4.78 is 5.08. The smallest absolute Gasteiger partial charge is 0.328 e. The molecule has 11 nitrogen and oxygen atoms in total. The van der Waals surface area contributed by atoms with Crippen LogP contribution in [0.4, 0.5) is 0 Å². The van der Waals surface area contributed by atoms with Crippen LogP contribution in [0, 0.1) is 28.6 Å². The molecular weight excluding hydrogens is 522 g/mol. The maximum absolute atomic E-state index is 13.3. The van der Waals surface area contributed by atoms with E-state index >= 15 is 0 Å². The molecule has 4 rings (SSSR count). The molecule has 0 aromatic heterocycles. The number of esters is 1. The van der Waals surface area contributed by atoms with Crippen LogP contribution in [0.5, 0.6) is 0 Å². The van der Waals surface area contributed by atoms with Crippen molar-refractivity contribution >= 4 is 29.4 Å². The minimum Gasteiger partial charge on any atom is -0.480 e. The van der Waals surface area contributed by atoms with E-state index in [0.29, 0.717) is 12.8 Å². The van der Waals surface area contributed by atoms with E-state index in [9.17, 15) is 39.3 Å². The first-order valence-corrected chi connectivity index (χ1v) is 13.9. The number of fused-ring (bicyclic) bond motifs is 5. The van der Waals surface area contributed by atoms with Gasteiger partial charge in [-0.1, -0.05) is 25.5 Å². The van der Waals surface area contributed by atoms with Crippen LogP contribution in [0.15, 0.2) is 23.8 Å². The average Bonchev–Trinajstić information content (AvgIpc) is 3.15. The second kappa shape index (κ2) is 10.8. The molecule has 0 saturated heterocycles. The minimum absolute atomic E-state index is 0.0351. The number of aliphatic carboxylic acids is 1. The maximum Gasteiger partial charge on any atom is 0.328 e. The highest BCUT2D eigenvalue weighted by Gasteiger charge is 2.68. The van der Waals surface area contributed by atoms with E-state index in [2.05, 4.69) is 5.32 Å². The first-order chi connectivity index (χ1) is 18.6. The van der Waals surface area contributed by atoms with Gasteiger partial charge in [0.2, 0.25) is 11.7 Å². The summed E-state index contributed by atoms with van der Waals surface area (Å²) in [6, 6.07) is -1.52. The number of carbonyl (C=O) groups excluding carboxylic acids is 4. The number of nitrogens with one attached hydrogen (secondary N) is 1. The molecule has 0 spiro atoms. The summed E-state index contributed by atoms with van der Waals surface area (Å²) >= 11 is 0. The first kappa shape index (κ1) is 30.1. The van der Waals surface area contributed by atoms with Crippen molar-refractivity contribution in [1.29, 1.82) is 0 Å². The Hall–Kier alpha value is -2.89. The summed E-state index contributed by atoms with van der Waals surface area (Å²) in [6.45, 7) is 4.39. The first-order valence-electron chi connectivity index (χ1n) is 13.9. The zero-order chi connectivity index (χ0) is 29.6. The highest BCUT2D eigenvalue weighted by atomic mass is 16.5. The number of carboxylic acid groups (broad SMARTS) is 1. The highest BCUT2D eigenvalue weighted by Crippen LogP contribution is 2.67. The number of ether oxygens (including phenoxy) is 1. The van der Waals surface area contributed by atoms with E-state index in [0.717, 1.165) is 12.0 Å². The number of hydrogen-bond acceptors (Lipinski definition) is 9. The third-order valence-electron chi connectivity index (χ3n) is 10.1. The van der Waals surface area contributed by atoms with E-state index in [1.165, 1.54) is 6.92 Å². The van der Waals surface area contributed by atoms with Crippen LogP contribution < -0.4 is 5.32 Å². The Kier molecular flexibility index (Phi) is 8.14. The van der Waals surface area contributed by atoms with Gasteiger partial charge in [-0.2, -0.15) is 0 Å². The fourth-order valence-electron chi connectivity index (χ4n) is 7.98. The van der Waals surface area contributed by atoms with E-state index < -0.39 is 77.8 Å². The van der Waals surface area contributed by atoms with Gasteiger partial charge in [-0.3, -0.25) is 19.2 Å². The number of Topliss-reactive ketones (excluding diaryl/α,β-unsaturated/α-hetero) is 1. The zero-order valence-electron chi connectivity index (χ0n) is 23.1. The maximum atomic E-state index is 13.3. The summed E-state index contributed by atoms with van der Waals surface area (Å²) in [5.74, 6) is -3.93. The predicted octanol–water partition coefficient (Wildman–Crippen LogP) is 0.839. The molecule has 3 saturated carbocycles. The monoisotopic (exact) mass is 561 g/mol. The Morgan fingerprint density at radius 3 is 2.52 bits per heavy atom. The number of carboxylic acids is 1. The van der Waals surface area contributed by atoms with Crippen LogP contribution in [0.2, 0.25) is 0 Å². The zero-order valence-corrected chi connectivity index (χ0v) is 23.1. The number of aliphatic hydroxyl groups excluding tert-OH is 2. The van der Waals surface area contributed by atoms with Crippen molar-refractivity contribution in [2.75, 3.05) is 6.61 Å². The number of ketones is 2. The molecule has 0 aromatic carbocycles. The molecule has 9 atom stereocenters. The van der Waals surface area contributed by atoms with Gasteiger partial charge in [0.1, 0.15) is 5.60 Å². The minimum atomic E-state index is -1.80. The topological polar surface area (TPSA) is 188 Å². The summed E-state index contributed by atoms with van der Waals surface area (Å²) in [6.07, 6.45) is 4.52. The molecule has 0 heterocycles. The van der Waals surface area contributed by atoms with Gasteiger partial charge in [0.05, 0.1) is 18.6 Å². The lowest BCUT2D eigenvalue weighted by Crippen LogP contribution is -2.61. The van der Waals surface area contributed by atoms with E-state index in [4.69, 9.17) is 9.84 Å². The molecule has 11 heteroatoms. The molecule has 5 N–H and O–H groups in total. The van der Waals surface area contributed by atoms with Crippen molar-refractivity contribution in [1.82, 2.24) is 5.32 Å². The molecule has 3 fully saturated rings. The van der Waals surface area contributed by atoms with Crippen molar-refractivity contribution in [3.63, 3.8) is 0 Å². The van der Waals surface area contributed by atoms with Crippen LogP contribution in [-0.2, 0) is 28.7 Å². The summed E-state index contributed by atoms with van der Waals surface area (Å²) in [5, 5.41) is 43.8. The van der Waals surface area contributed by atoms with Crippen LogP contribution in [0.3, 0.4) is 0 Å². The predicted molar refractivity (Wildman–Crippen MR) is 139 cm³/mol. The van der Waals surface area contributed by atoms with Gasteiger partial charge in [-0.05, 0) is 63.0 Å². The van der Waals surface area contributed by atoms with Crippen molar-refractivity contribution in [3.05, 3.63) is 23.8 Å². The number of hydrogen-bond donors (Lipinski definition) is 5. The van der Waals surface area contributed by atoms with Gasteiger partial charge < -0.3 is 30.5 Å². The van der Waals surface area contributed by atoms with Crippen molar-refractivity contribution in [3.8, 4) is 0 Å². The number of rotatable bonds is 9. The summed E-state index contributed by atoms with van der Waals surface area (Å²) in [7, 11) is 0. The molecule has 4 aliphatic rings. The fraction of sp³-hybridized carbons (Fsp3) is 0.690. The quantitative estimate of drug-likeness (QED) is 0.252. The largest absolute Gasteiger partial charge is 0.480 e. The Labute approximate surface area is 232 Å². The molecule has 1 amide bonds. The van der Waals surface area contributed by atoms with Crippen LogP contribution in [-0.4, -0.2) is 80.3 Å². The van der Waals surface area contributed by atoms with Crippen molar-refractivity contribution < 1.29 is 49.1 Å². The second-order valence-corrected chi connectivity index (χ2v) is 12.3. The Morgan fingerprint density at radius 2 is 1.88 bits per heavy atom. The highest BCUT2D eigenvalue weighted by molar-refractivity contribution is 6.01. The average molecular weight is 562 g/mol. The standard InChI is InChI=1S/C29H39NO10/c1-15(31)25(26(37)38)30-22(35)6-7-23(36)40-14-21(34)29(39)11-9-19-18-5-4-16-12-17(32)8-10-27(16,2)24(18)20(33)13-28(19,29)3/h8,10,12,15,18-20,24-25,31,33,39H,4-7,9,11,13-14H2,1-3H3,(H,30,35)(H,37,38)/t15-,18+,19+,20-,24-,25-,27+,28+,29-/m1/s1. The number of allylic oxidation sites excluding steroid dienone is 4. The van der Waals surface area contributed by atoms with Crippen LogP contribution >= 0.6 is 0 Å². The number of carbonyl (C=O) groups is 5. The molecule has 0 aliphatic heterocycles. The van der Waals surface area contributed by atoms with Gasteiger partial charge in [-0.15, -0.1) is 0 Å². The second-order valence-electron chi connectivity index (χ2n) is 12.3. The van der Waals surface area contributed by atoms with Gasteiger partial charge in [0, 0.05) is 23.2 Å². The molecule has 0 unspecified atom stereocenters. The summed E-state index contributed by atoms with van der Waals surface area (Å²) in [4.78, 5) is 60.6. The van der Waals surface area contributed by atoms with E-state index in [1.807, 2.05) is 19.9 Å². The van der Waals surface area contributed by atoms with Crippen LogP contribution in [0.25, 0.3) is 0 Å². The lowest BCUT2D eigenvalue weighted by atomic mass is 9.46. The molecule has 4 aliphatic carbocycles.